The predicted molar refractivity (Wildman–Crippen MR) is 81.7 cm³/mol. The van der Waals surface area contributed by atoms with Crippen molar-refractivity contribution in [1.82, 2.24) is 19.7 Å². The number of H-pyrrole nitrogens is 1. The van der Waals surface area contributed by atoms with Gasteiger partial charge >= 0.3 is 0 Å². The first-order valence-electron chi connectivity index (χ1n) is 6.11. The first kappa shape index (κ1) is 15.9. The Morgan fingerprint density at radius 2 is 2.24 bits per heavy atom. The minimum absolute atomic E-state index is 0.0376. The highest BCUT2D eigenvalue weighted by atomic mass is 79.9. The number of hydrogen-bond donors (Lipinski definition) is 4. The number of rotatable bonds is 6. The molecular formula is C11H15BrN6O2S. The Bertz CT molecular complexity index is 704. The molecule has 21 heavy (non-hydrogen) atoms. The van der Waals surface area contributed by atoms with Crippen LogP contribution < -0.4 is 16.0 Å². The molecule has 0 aliphatic carbocycles. The number of sulfonamides is 1. The summed E-state index contributed by atoms with van der Waals surface area (Å²) in [5.41, 5.74) is 2.28. The van der Waals surface area contributed by atoms with Crippen molar-refractivity contribution >= 4 is 31.8 Å². The van der Waals surface area contributed by atoms with Crippen molar-refractivity contribution in [2.24, 2.45) is 5.84 Å². The van der Waals surface area contributed by atoms with E-state index in [4.69, 9.17) is 5.84 Å². The van der Waals surface area contributed by atoms with E-state index in [-0.39, 0.29) is 10.7 Å². The monoisotopic (exact) mass is 374 g/mol. The van der Waals surface area contributed by atoms with Gasteiger partial charge in [-0.3, -0.25) is 0 Å². The summed E-state index contributed by atoms with van der Waals surface area (Å²) in [6.45, 7) is 1.86. The van der Waals surface area contributed by atoms with Gasteiger partial charge in [0.1, 0.15) is 10.7 Å². The van der Waals surface area contributed by atoms with E-state index in [2.05, 4.69) is 41.0 Å². The molecule has 2 aromatic heterocycles. The van der Waals surface area contributed by atoms with Crippen LogP contribution in [-0.4, -0.2) is 23.4 Å². The summed E-state index contributed by atoms with van der Waals surface area (Å²) in [4.78, 5) is 10.9. The minimum Gasteiger partial charge on any atom is -0.347 e. The minimum atomic E-state index is -3.81. The molecule has 8 nitrogen and oxygen atoms in total. The van der Waals surface area contributed by atoms with Crippen molar-refractivity contribution in [1.29, 1.82) is 0 Å². The van der Waals surface area contributed by atoms with E-state index in [9.17, 15) is 8.42 Å². The molecule has 0 saturated heterocycles. The molecule has 0 saturated carbocycles. The van der Waals surface area contributed by atoms with Gasteiger partial charge in [-0.15, -0.1) is 0 Å². The van der Waals surface area contributed by atoms with Crippen molar-refractivity contribution in [2.45, 2.75) is 24.3 Å². The van der Waals surface area contributed by atoms with Crippen LogP contribution in [0.15, 0.2) is 34.0 Å². The van der Waals surface area contributed by atoms with Crippen LogP contribution in [0.4, 0.5) is 5.82 Å². The number of nitrogen functional groups attached to an aromatic ring is 1. The summed E-state index contributed by atoms with van der Waals surface area (Å²) in [5.74, 6) is 5.93. The quantitative estimate of drug-likeness (QED) is 0.445. The van der Waals surface area contributed by atoms with Crippen LogP contribution in [0.1, 0.15) is 25.2 Å². The Morgan fingerprint density at radius 3 is 2.81 bits per heavy atom. The van der Waals surface area contributed by atoms with Crippen molar-refractivity contribution in [3.8, 4) is 0 Å². The summed E-state index contributed by atoms with van der Waals surface area (Å²) in [6.07, 6.45) is 5.21. The summed E-state index contributed by atoms with van der Waals surface area (Å²) in [7, 11) is -3.81. The van der Waals surface area contributed by atoms with Crippen molar-refractivity contribution < 1.29 is 8.42 Å². The van der Waals surface area contributed by atoms with E-state index in [1.807, 2.05) is 6.92 Å². The third kappa shape index (κ3) is 3.59. The molecule has 1 unspecified atom stereocenters. The molecule has 0 radical (unpaired) electrons. The molecule has 2 aromatic rings. The molecule has 2 rings (SSSR count). The lowest BCUT2D eigenvalue weighted by Crippen LogP contribution is -2.30. The number of hydrazine groups is 1. The van der Waals surface area contributed by atoms with Crippen LogP contribution >= 0.6 is 15.9 Å². The first-order chi connectivity index (χ1) is 9.97. The lowest BCUT2D eigenvalue weighted by molar-refractivity contribution is 0.539. The Hall–Kier alpha value is -1.49. The SMILES string of the molecule is CCC(NS(=O)(=O)c1cc(Br)cnc1NN)c1ncc[nH]1. The molecule has 0 bridgehead atoms. The molecule has 0 aliphatic rings. The van der Waals surface area contributed by atoms with Gasteiger partial charge in [-0.25, -0.2) is 29.0 Å². The summed E-state index contributed by atoms with van der Waals surface area (Å²) < 4.78 is 28.2. The molecule has 0 amide bonds. The maximum absolute atomic E-state index is 12.5. The van der Waals surface area contributed by atoms with Crippen molar-refractivity contribution in [3.05, 3.63) is 35.0 Å². The topological polar surface area (TPSA) is 126 Å². The highest BCUT2D eigenvalue weighted by Gasteiger charge is 2.25. The standard InChI is InChI=1S/C11H15BrN6O2S/c1-2-8(10-14-3-4-15-10)18-21(19,20)9-5-7(12)6-16-11(9)17-13/h3-6,8,18H,2,13H2,1H3,(H,14,15)(H,16,17). The number of aromatic nitrogens is 3. The third-order valence-electron chi connectivity index (χ3n) is 2.80. The maximum atomic E-state index is 12.5. The van der Waals surface area contributed by atoms with E-state index in [1.54, 1.807) is 12.4 Å². The van der Waals surface area contributed by atoms with E-state index >= 15 is 0 Å². The van der Waals surface area contributed by atoms with E-state index in [1.165, 1.54) is 12.3 Å². The molecule has 1 atom stereocenters. The highest BCUT2D eigenvalue weighted by Crippen LogP contribution is 2.24. The number of nitrogens with one attached hydrogen (secondary N) is 3. The van der Waals surface area contributed by atoms with Gasteiger partial charge < -0.3 is 10.4 Å². The van der Waals surface area contributed by atoms with Gasteiger partial charge in [0.15, 0.2) is 5.82 Å². The second-order valence-electron chi connectivity index (χ2n) is 4.20. The number of nitrogens with zero attached hydrogens (tertiary/aromatic N) is 2. The van der Waals surface area contributed by atoms with Gasteiger partial charge in [-0.1, -0.05) is 6.92 Å². The van der Waals surface area contributed by atoms with Crippen LogP contribution in [0.3, 0.4) is 0 Å². The zero-order valence-electron chi connectivity index (χ0n) is 11.2. The molecule has 0 spiro atoms. The fourth-order valence-electron chi connectivity index (χ4n) is 1.79. The van der Waals surface area contributed by atoms with Crippen molar-refractivity contribution in [2.75, 3.05) is 5.43 Å². The zero-order chi connectivity index (χ0) is 15.5. The normalized spacial score (nSPS) is 13.1. The maximum Gasteiger partial charge on any atom is 0.244 e. The summed E-state index contributed by atoms with van der Waals surface area (Å²) in [6, 6.07) is 0.967. The predicted octanol–water partition coefficient (Wildman–Crippen LogP) is 1.28. The number of imidazole rings is 1. The lowest BCUT2D eigenvalue weighted by atomic mass is 10.2. The molecule has 2 heterocycles. The Labute approximate surface area is 130 Å². The molecule has 5 N–H and O–H groups in total. The van der Waals surface area contributed by atoms with Crippen LogP contribution in [-0.2, 0) is 10.0 Å². The average molecular weight is 375 g/mol. The van der Waals surface area contributed by atoms with Gasteiger partial charge in [0.25, 0.3) is 0 Å². The van der Waals surface area contributed by atoms with Crippen molar-refractivity contribution in [3.63, 3.8) is 0 Å². The lowest BCUT2D eigenvalue weighted by Gasteiger charge is -2.16. The second-order valence-corrected chi connectivity index (χ2v) is 6.80. The van der Waals surface area contributed by atoms with E-state index in [0.717, 1.165) is 0 Å². The van der Waals surface area contributed by atoms with Crippen LogP contribution in [0.2, 0.25) is 0 Å². The summed E-state index contributed by atoms with van der Waals surface area (Å²) >= 11 is 3.20. The fourth-order valence-corrected chi connectivity index (χ4v) is 3.70. The van der Waals surface area contributed by atoms with Gasteiger partial charge in [-0.05, 0) is 28.4 Å². The van der Waals surface area contributed by atoms with Gasteiger partial charge in [-0.2, -0.15) is 0 Å². The average Bonchev–Trinajstić information content (AvgIpc) is 2.99. The number of halogens is 1. The number of pyridine rings is 1. The smallest absolute Gasteiger partial charge is 0.244 e. The number of anilines is 1. The van der Waals surface area contributed by atoms with Crippen LogP contribution in [0.5, 0.6) is 0 Å². The van der Waals surface area contributed by atoms with Crippen LogP contribution in [0, 0.1) is 0 Å². The first-order valence-corrected chi connectivity index (χ1v) is 8.39. The molecular weight excluding hydrogens is 360 g/mol. The van der Waals surface area contributed by atoms with Crippen LogP contribution in [0.25, 0.3) is 0 Å². The largest absolute Gasteiger partial charge is 0.347 e. The molecule has 0 fully saturated rings. The number of nitrogens with two attached hydrogens (primary N) is 1. The van der Waals surface area contributed by atoms with Gasteiger partial charge in [0.2, 0.25) is 10.0 Å². The number of hydrogen-bond acceptors (Lipinski definition) is 6. The molecule has 0 aromatic carbocycles. The second kappa shape index (κ2) is 6.52. The van der Waals surface area contributed by atoms with E-state index in [0.29, 0.717) is 16.7 Å². The molecule has 114 valence electrons. The van der Waals surface area contributed by atoms with Gasteiger partial charge in [0.05, 0.1) is 6.04 Å². The summed E-state index contributed by atoms with van der Waals surface area (Å²) in [5, 5.41) is 0. The van der Waals surface area contributed by atoms with Gasteiger partial charge in [0, 0.05) is 23.1 Å². The Morgan fingerprint density at radius 1 is 1.48 bits per heavy atom. The molecule has 0 aliphatic heterocycles. The Kier molecular flexibility index (Phi) is 4.93. The zero-order valence-corrected chi connectivity index (χ0v) is 13.6. The highest BCUT2D eigenvalue weighted by molar-refractivity contribution is 9.10. The number of aromatic amines is 1. The molecule has 10 heteroatoms. The van der Waals surface area contributed by atoms with E-state index < -0.39 is 16.1 Å². The third-order valence-corrected chi connectivity index (χ3v) is 4.72. The fraction of sp³-hybridized carbons (Fsp3) is 0.273. The Balaban J connectivity index is 2.36.